The van der Waals surface area contributed by atoms with Crippen molar-refractivity contribution in [3.8, 4) is 0 Å². The maximum atomic E-state index is 11.2. The van der Waals surface area contributed by atoms with Crippen LogP contribution in [0.5, 0.6) is 0 Å². The van der Waals surface area contributed by atoms with Gasteiger partial charge in [0, 0.05) is 39.6 Å². The molecule has 1 aliphatic carbocycles. The smallest absolute Gasteiger partial charge is 0.219 e. The van der Waals surface area contributed by atoms with Crippen LogP contribution in [0, 0.1) is 0 Å². The predicted octanol–water partition coefficient (Wildman–Crippen LogP) is 0.846. The summed E-state index contributed by atoms with van der Waals surface area (Å²) in [7, 11) is 0. The average Bonchev–Trinajstić information content (AvgIpc) is 2.30. The van der Waals surface area contributed by atoms with Crippen molar-refractivity contribution in [1.29, 1.82) is 0 Å². The Morgan fingerprint density at radius 2 is 1.71 bits per heavy atom. The highest BCUT2D eigenvalue weighted by Crippen LogP contribution is 2.29. The molecule has 98 valence electrons. The van der Waals surface area contributed by atoms with Gasteiger partial charge in [0.05, 0.1) is 5.60 Å². The molecule has 0 aromatic rings. The first-order valence-corrected chi connectivity index (χ1v) is 6.79. The maximum absolute atomic E-state index is 11.2. The first kappa shape index (κ1) is 12.8. The summed E-state index contributed by atoms with van der Waals surface area (Å²) in [6.07, 6.45) is 5.47. The number of carbonyl (C=O) groups is 1. The highest BCUT2D eigenvalue weighted by Gasteiger charge is 2.32. The third kappa shape index (κ3) is 3.42. The molecule has 1 saturated heterocycles. The summed E-state index contributed by atoms with van der Waals surface area (Å²) < 4.78 is 0. The predicted molar refractivity (Wildman–Crippen MR) is 66.7 cm³/mol. The SMILES string of the molecule is CC(=O)N1CCN(CC2(O)CCCCC2)CC1. The number of nitrogens with zero attached hydrogens (tertiary/aromatic N) is 2. The second-order valence-corrected chi connectivity index (χ2v) is 5.57. The third-order valence-electron chi connectivity index (χ3n) is 4.12. The van der Waals surface area contributed by atoms with Crippen molar-refractivity contribution >= 4 is 5.91 Å². The molecule has 1 amide bonds. The highest BCUT2D eigenvalue weighted by atomic mass is 16.3. The third-order valence-corrected chi connectivity index (χ3v) is 4.12. The van der Waals surface area contributed by atoms with E-state index >= 15 is 0 Å². The molecule has 0 aromatic heterocycles. The molecule has 0 aromatic carbocycles. The number of amides is 1. The first-order valence-electron chi connectivity index (χ1n) is 6.79. The van der Waals surface area contributed by atoms with E-state index in [1.54, 1.807) is 6.92 Å². The topological polar surface area (TPSA) is 43.8 Å². The van der Waals surface area contributed by atoms with E-state index < -0.39 is 5.60 Å². The van der Waals surface area contributed by atoms with E-state index in [9.17, 15) is 9.90 Å². The van der Waals surface area contributed by atoms with Crippen LogP contribution in [0.2, 0.25) is 0 Å². The Labute approximate surface area is 104 Å². The summed E-state index contributed by atoms with van der Waals surface area (Å²) in [5, 5.41) is 10.5. The number of piperazine rings is 1. The largest absolute Gasteiger partial charge is 0.389 e. The average molecular weight is 240 g/mol. The van der Waals surface area contributed by atoms with Crippen LogP contribution < -0.4 is 0 Å². The van der Waals surface area contributed by atoms with Crippen LogP contribution in [-0.2, 0) is 4.79 Å². The van der Waals surface area contributed by atoms with Gasteiger partial charge in [-0.2, -0.15) is 0 Å². The normalized spacial score (nSPS) is 25.9. The molecular formula is C13H24N2O2. The van der Waals surface area contributed by atoms with Crippen molar-refractivity contribution in [2.24, 2.45) is 0 Å². The summed E-state index contributed by atoms with van der Waals surface area (Å²) in [6.45, 7) is 5.85. The fourth-order valence-corrected chi connectivity index (χ4v) is 3.01. The summed E-state index contributed by atoms with van der Waals surface area (Å²) in [6, 6.07) is 0. The van der Waals surface area contributed by atoms with Crippen LogP contribution in [0.25, 0.3) is 0 Å². The summed E-state index contributed by atoms with van der Waals surface area (Å²) >= 11 is 0. The van der Waals surface area contributed by atoms with Gasteiger partial charge in [-0.3, -0.25) is 9.69 Å². The molecule has 4 heteroatoms. The minimum atomic E-state index is -0.462. The van der Waals surface area contributed by atoms with Crippen LogP contribution in [0.4, 0.5) is 0 Å². The van der Waals surface area contributed by atoms with Crippen molar-refractivity contribution in [3.63, 3.8) is 0 Å². The second-order valence-electron chi connectivity index (χ2n) is 5.57. The van der Waals surface area contributed by atoms with E-state index in [4.69, 9.17) is 0 Å². The van der Waals surface area contributed by atoms with Gasteiger partial charge in [-0.05, 0) is 12.8 Å². The van der Waals surface area contributed by atoms with Crippen LogP contribution in [0.15, 0.2) is 0 Å². The van der Waals surface area contributed by atoms with Crippen molar-refractivity contribution < 1.29 is 9.90 Å². The molecular weight excluding hydrogens is 216 g/mol. The Bertz CT molecular complexity index is 267. The molecule has 2 rings (SSSR count). The zero-order valence-electron chi connectivity index (χ0n) is 10.8. The van der Waals surface area contributed by atoms with E-state index in [0.717, 1.165) is 58.4 Å². The quantitative estimate of drug-likeness (QED) is 0.778. The Kier molecular flexibility index (Phi) is 4.05. The lowest BCUT2D eigenvalue weighted by Gasteiger charge is -2.40. The van der Waals surface area contributed by atoms with Crippen molar-refractivity contribution in [2.45, 2.75) is 44.6 Å². The van der Waals surface area contributed by atoms with Gasteiger partial charge >= 0.3 is 0 Å². The zero-order chi connectivity index (χ0) is 12.3. The van der Waals surface area contributed by atoms with Crippen molar-refractivity contribution in [1.82, 2.24) is 9.80 Å². The lowest BCUT2D eigenvalue weighted by Crippen LogP contribution is -2.53. The lowest BCUT2D eigenvalue weighted by molar-refractivity contribution is -0.131. The highest BCUT2D eigenvalue weighted by molar-refractivity contribution is 5.73. The first-order chi connectivity index (χ1) is 8.09. The van der Waals surface area contributed by atoms with Crippen LogP contribution in [0.1, 0.15) is 39.0 Å². The van der Waals surface area contributed by atoms with Crippen molar-refractivity contribution in [3.05, 3.63) is 0 Å². The molecule has 0 spiro atoms. The minimum Gasteiger partial charge on any atom is -0.389 e. The van der Waals surface area contributed by atoms with Crippen LogP contribution in [0.3, 0.4) is 0 Å². The van der Waals surface area contributed by atoms with Gasteiger partial charge < -0.3 is 10.0 Å². The van der Waals surface area contributed by atoms with Crippen LogP contribution in [-0.4, -0.2) is 59.1 Å². The van der Waals surface area contributed by atoms with Gasteiger partial charge in [0.1, 0.15) is 0 Å². The lowest BCUT2D eigenvalue weighted by atomic mass is 9.84. The summed E-state index contributed by atoms with van der Waals surface area (Å²) in [4.78, 5) is 15.4. The monoisotopic (exact) mass is 240 g/mol. The molecule has 0 atom stereocenters. The zero-order valence-corrected chi connectivity index (χ0v) is 10.8. The number of rotatable bonds is 2. The minimum absolute atomic E-state index is 0.168. The molecule has 0 bridgehead atoms. The summed E-state index contributed by atoms with van der Waals surface area (Å²) in [5.41, 5.74) is -0.462. The van der Waals surface area contributed by atoms with Crippen molar-refractivity contribution in [2.75, 3.05) is 32.7 Å². The number of β-amino-alcohol motifs (C(OH)–C–C–N with tert-alkyl or cyclic N) is 1. The Morgan fingerprint density at radius 3 is 2.24 bits per heavy atom. The molecule has 0 unspecified atom stereocenters. The molecule has 2 fully saturated rings. The molecule has 1 aliphatic heterocycles. The van der Waals surface area contributed by atoms with E-state index in [1.807, 2.05) is 4.90 Å². The second kappa shape index (κ2) is 5.36. The van der Waals surface area contributed by atoms with Gasteiger partial charge in [0.25, 0.3) is 0 Å². The van der Waals surface area contributed by atoms with Gasteiger partial charge in [0.2, 0.25) is 5.91 Å². The maximum Gasteiger partial charge on any atom is 0.219 e. The van der Waals surface area contributed by atoms with E-state index in [2.05, 4.69) is 4.90 Å². The van der Waals surface area contributed by atoms with E-state index in [0.29, 0.717) is 0 Å². The Hall–Kier alpha value is -0.610. The van der Waals surface area contributed by atoms with Gasteiger partial charge in [0.15, 0.2) is 0 Å². The molecule has 1 heterocycles. The fourth-order valence-electron chi connectivity index (χ4n) is 3.01. The Morgan fingerprint density at radius 1 is 1.12 bits per heavy atom. The van der Waals surface area contributed by atoms with E-state index in [1.165, 1.54) is 6.42 Å². The summed E-state index contributed by atoms with van der Waals surface area (Å²) in [5.74, 6) is 0.168. The van der Waals surface area contributed by atoms with Crippen LogP contribution >= 0.6 is 0 Å². The number of aliphatic hydroxyl groups is 1. The standard InChI is InChI=1S/C13H24N2O2/c1-12(16)15-9-7-14(8-10-15)11-13(17)5-3-2-4-6-13/h17H,2-11H2,1H3. The van der Waals surface area contributed by atoms with Gasteiger partial charge in [-0.15, -0.1) is 0 Å². The van der Waals surface area contributed by atoms with E-state index in [-0.39, 0.29) is 5.91 Å². The number of hydrogen-bond acceptors (Lipinski definition) is 3. The molecule has 0 radical (unpaired) electrons. The number of carbonyl (C=O) groups excluding carboxylic acids is 1. The molecule has 4 nitrogen and oxygen atoms in total. The number of hydrogen-bond donors (Lipinski definition) is 1. The molecule has 1 N–H and O–H groups in total. The Balaban J connectivity index is 1.79. The fraction of sp³-hybridized carbons (Fsp3) is 0.923. The molecule has 1 saturated carbocycles. The van der Waals surface area contributed by atoms with Gasteiger partial charge in [-0.1, -0.05) is 19.3 Å². The van der Waals surface area contributed by atoms with Gasteiger partial charge in [-0.25, -0.2) is 0 Å². The molecule has 2 aliphatic rings. The molecule has 17 heavy (non-hydrogen) atoms.